The zero-order valence-electron chi connectivity index (χ0n) is 11.3. The molecule has 1 aromatic carbocycles. The van der Waals surface area contributed by atoms with Crippen molar-refractivity contribution in [2.75, 3.05) is 5.32 Å². The van der Waals surface area contributed by atoms with E-state index in [-0.39, 0.29) is 22.9 Å². The topological polar surface area (TPSA) is 78.7 Å². The van der Waals surface area contributed by atoms with E-state index in [4.69, 9.17) is 28.5 Å². The third-order valence-electron chi connectivity index (χ3n) is 3.55. The van der Waals surface area contributed by atoms with E-state index in [0.29, 0.717) is 22.8 Å². The van der Waals surface area contributed by atoms with Crippen LogP contribution in [0, 0.1) is 17.2 Å². The van der Waals surface area contributed by atoms with Gasteiger partial charge in [-0.1, -0.05) is 23.2 Å². The van der Waals surface area contributed by atoms with Crippen molar-refractivity contribution < 1.29 is 4.79 Å². The quantitative estimate of drug-likeness (QED) is 0.873. The van der Waals surface area contributed by atoms with Gasteiger partial charge in [-0.2, -0.15) is 5.26 Å². The highest BCUT2D eigenvalue weighted by atomic mass is 35.5. The van der Waals surface area contributed by atoms with E-state index in [9.17, 15) is 4.79 Å². The summed E-state index contributed by atoms with van der Waals surface area (Å²) in [6, 6.07) is 8.71. The number of hydrogen-bond acceptors (Lipinski definition) is 4. The van der Waals surface area contributed by atoms with Gasteiger partial charge in [-0.25, -0.2) is 9.97 Å². The average Bonchev–Trinajstić information content (AvgIpc) is 3.27. The first-order valence-electron chi connectivity index (χ1n) is 6.56. The van der Waals surface area contributed by atoms with Gasteiger partial charge in [-0.05, 0) is 36.1 Å². The van der Waals surface area contributed by atoms with Gasteiger partial charge in [0.1, 0.15) is 17.3 Å². The van der Waals surface area contributed by atoms with Crippen LogP contribution < -0.4 is 5.32 Å². The number of anilines is 1. The molecule has 1 fully saturated rings. The lowest BCUT2D eigenvalue weighted by Gasteiger charge is -2.06. The molecule has 0 saturated heterocycles. The van der Waals surface area contributed by atoms with Gasteiger partial charge >= 0.3 is 0 Å². The zero-order valence-corrected chi connectivity index (χ0v) is 12.8. The minimum Gasteiger partial charge on any atom is -0.310 e. The molecule has 1 N–H and O–H groups in total. The van der Waals surface area contributed by atoms with Gasteiger partial charge in [0.25, 0.3) is 0 Å². The fourth-order valence-corrected chi connectivity index (χ4v) is 2.72. The van der Waals surface area contributed by atoms with Crippen LogP contribution in [0.1, 0.15) is 23.5 Å². The highest BCUT2D eigenvalue weighted by Crippen LogP contribution is 2.49. The molecule has 2 atom stereocenters. The summed E-state index contributed by atoms with van der Waals surface area (Å²) in [5, 5.41) is 12.7. The summed E-state index contributed by atoms with van der Waals surface area (Å²) in [5.74, 6) is 0.0239. The summed E-state index contributed by atoms with van der Waals surface area (Å²) in [4.78, 5) is 19.9. The molecule has 3 rings (SSSR count). The van der Waals surface area contributed by atoms with Crippen molar-refractivity contribution >= 4 is 34.9 Å². The lowest BCUT2D eigenvalue weighted by atomic mass is 10.0. The molecule has 1 aliphatic carbocycles. The van der Waals surface area contributed by atoms with Gasteiger partial charge in [0.2, 0.25) is 5.91 Å². The maximum Gasteiger partial charge on any atom is 0.229 e. The van der Waals surface area contributed by atoms with Crippen molar-refractivity contribution in [2.45, 2.75) is 12.3 Å². The second kappa shape index (κ2) is 5.91. The largest absolute Gasteiger partial charge is 0.310 e. The van der Waals surface area contributed by atoms with Crippen LogP contribution in [0.25, 0.3) is 0 Å². The molecule has 110 valence electrons. The number of amides is 1. The molecule has 22 heavy (non-hydrogen) atoms. The van der Waals surface area contributed by atoms with Crippen molar-refractivity contribution in [3.63, 3.8) is 0 Å². The van der Waals surface area contributed by atoms with E-state index in [0.717, 1.165) is 5.56 Å². The molecule has 0 radical (unpaired) electrons. The van der Waals surface area contributed by atoms with Gasteiger partial charge in [0.05, 0.1) is 11.6 Å². The van der Waals surface area contributed by atoms with Gasteiger partial charge in [-0.15, -0.1) is 0 Å². The van der Waals surface area contributed by atoms with Gasteiger partial charge in [0, 0.05) is 17.0 Å². The fourth-order valence-electron chi connectivity index (χ4n) is 2.39. The molecule has 1 heterocycles. The molecule has 1 saturated carbocycles. The van der Waals surface area contributed by atoms with Crippen molar-refractivity contribution in [3.05, 3.63) is 51.9 Å². The fraction of sp³-hybridized carbons (Fsp3) is 0.200. The van der Waals surface area contributed by atoms with Crippen molar-refractivity contribution in [3.8, 4) is 6.07 Å². The molecule has 0 aliphatic heterocycles. The standard InChI is InChI=1S/C15H10Cl2N4O/c16-9-2-1-8(6-18)10(3-9)11-4-12(11)15(22)21-14-5-13(17)19-7-20-14/h1-3,5,7,11-12H,4H2,(H,19,20,21,22)/t11-,12+/m1/s1. The first kappa shape index (κ1) is 14.8. The van der Waals surface area contributed by atoms with Crippen molar-refractivity contribution in [2.24, 2.45) is 5.92 Å². The Morgan fingerprint density at radius 1 is 1.32 bits per heavy atom. The maximum absolute atomic E-state index is 12.2. The van der Waals surface area contributed by atoms with Crippen LogP contribution >= 0.6 is 23.2 Å². The highest BCUT2D eigenvalue weighted by molar-refractivity contribution is 6.30. The Kier molecular flexibility index (Phi) is 3.97. The monoisotopic (exact) mass is 332 g/mol. The molecule has 7 heteroatoms. The molecular weight excluding hydrogens is 323 g/mol. The lowest BCUT2D eigenvalue weighted by molar-refractivity contribution is -0.117. The Labute approximate surface area is 136 Å². The van der Waals surface area contributed by atoms with E-state index < -0.39 is 0 Å². The SMILES string of the molecule is N#Cc1ccc(Cl)cc1[C@H]1C[C@@H]1C(=O)Nc1cc(Cl)ncn1. The summed E-state index contributed by atoms with van der Waals surface area (Å²) < 4.78 is 0. The van der Waals surface area contributed by atoms with Crippen LogP contribution in [0.4, 0.5) is 5.82 Å². The second-order valence-electron chi connectivity index (χ2n) is 5.01. The number of aromatic nitrogens is 2. The number of rotatable bonds is 3. The Bertz CT molecular complexity index is 787. The molecule has 5 nitrogen and oxygen atoms in total. The van der Waals surface area contributed by atoms with E-state index >= 15 is 0 Å². The zero-order chi connectivity index (χ0) is 15.7. The molecule has 1 amide bonds. The Hall–Kier alpha value is -2.16. The highest BCUT2D eigenvalue weighted by Gasteiger charge is 2.45. The average molecular weight is 333 g/mol. The Morgan fingerprint density at radius 2 is 2.14 bits per heavy atom. The van der Waals surface area contributed by atoms with Gasteiger partial charge < -0.3 is 5.32 Å². The molecular formula is C15H10Cl2N4O. The van der Waals surface area contributed by atoms with Gasteiger partial charge in [-0.3, -0.25) is 4.79 Å². The lowest BCUT2D eigenvalue weighted by Crippen LogP contribution is -2.15. The molecule has 1 aliphatic rings. The number of nitriles is 1. The van der Waals surface area contributed by atoms with Crippen molar-refractivity contribution in [1.29, 1.82) is 5.26 Å². The maximum atomic E-state index is 12.2. The summed E-state index contributed by atoms with van der Waals surface area (Å²) in [7, 11) is 0. The summed E-state index contributed by atoms with van der Waals surface area (Å²) in [6.45, 7) is 0. The molecule has 0 spiro atoms. The normalized spacial score (nSPS) is 19.3. The van der Waals surface area contributed by atoms with E-state index in [1.165, 1.54) is 12.4 Å². The summed E-state index contributed by atoms with van der Waals surface area (Å²) in [5.41, 5.74) is 1.37. The Balaban J connectivity index is 1.73. The third kappa shape index (κ3) is 3.03. The first-order valence-corrected chi connectivity index (χ1v) is 7.32. The van der Waals surface area contributed by atoms with Crippen LogP contribution in [0.15, 0.2) is 30.6 Å². The number of carbonyl (C=O) groups is 1. The van der Waals surface area contributed by atoms with Crippen LogP contribution in [-0.4, -0.2) is 15.9 Å². The van der Waals surface area contributed by atoms with E-state index in [1.807, 2.05) is 0 Å². The molecule has 2 aromatic rings. The molecule has 0 bridgehead atoms. The number of halogens is 2. The van der Waals surface area contributed by atoms with Crippen LogP contribution in [0.2, 0.25) is 10.2 Å². The number of nitrogens with one attached hydrogen (secondary N) is 1. The molecule has 0 unspecified atom stereocenters. The van der Waals surface area contributed by atoms with Crippen LogP contribution in [-0.2, 0) is 4.79 Å². The van der Waals surface area contributed by atoms with Crippen LogP contribution in [0.3, 0.4) is 0 Å². The minimum absolute atomic E-state index is 0.00524. The Morgan fingerprint density at radius 3 is 2.86 bits per heavy atom. The first-order chi connectivity index (χ1) is 10.6. The summed E-state index contributed by atoms with van der Waals surface area (Å²) >= 11 is 11.7. The van der Waals surface area contributed by atoms with E-state index in [1.54, 1.807) is 18.2 Å². The number of carbonyl (C=O) groups excluding carboxylic acids is 1. The van der Waals surface area contributed by atoms with Crippen LogP contribution in [0.5, 0.6) is 0 Å². The second-order valence-corrected chi connectivity index (χ2v) is 5.83. The molecule has 1 aromatic heterocycles. The predicted molar refractivity (Wildman–Crippen MR) is 82.7 cm³/mol. The van der Waals surface area contributed by atoms with Crippen molar-refractivity contribution in [1.82, 2.24) is 9.97 Å². The minimum atomic E-state index is -0.195. The number of hydrogen-bond donors (Lipinski definition) is 1. The number of benzene rings is 1. The predicted octanol–water partition coefficient (Wildman–Crippen LogP) is 3.40. The van der Waals surface area contributed by atoms with E-state index in [2.05, 4.69) is 21.4 Å². The van der Waals surface area contributed by atoms with Gasteiger partial charge in [0.15, 0.2) is 0 Å². The summed E-state index contributed by atoms with van der Waals surface area (Å²) in [6.07, 6.45) is 1.97. The smallest absolute Gasteiger partial charge is 0.229 e. The third-order valence-corrected chi connectivity index (χ3v) is 3.99. The number of nitrogens with zero attached hydrogens (tertiary/aromatic N) is 3.